The van der Waals surface area contributed by atoms with E-state index in [1.54, 1.807) is 24.3 Å². The fraction of sp³-hybridized carbons (Fsp3) is 0.0909. The predicted octanol–water partition coefficient (Wildman–Crippen LogP) is 4.24. The van der Waals surface area contributed by atoms with Crippen LogP contribution in [0.15, 0.2) is 59.5 Å². The van der Waals surface area contributed by atoms with E-state index in [-0.39, 0.29) is 28.3 Å². The second-order valence-corrected chi connectivity index (χ2v) is 9.66. The first-order chi connectivity index (χ1) is 17.2. The van der Waals surface area contributed by atoms with Gasteiger partial charge in [0, 0.05) is 17.3 Å². The molecule has 0 bridgehead atoms. The summed E-state index contributed by atoms with van der Waals surface area (Å²) in [6.07, 6.45) is 0. The van der Waals surface area contributed by atoms with Crippen LogP contribution in [0, 0.1) is 0 Å². The molecule has 2 heterocycles. The van der Waals surface area contributed by atoms with E-state index in [0.29, 0.717) is 27.0 Å². The molecule has 2 aromatic heterocycles. The van der Waals surface area contributed by atoms with Crippen LogP contribution in [-0.2, 0) is 10.0 Å². The van der Waals surface area contributed by atoms with E-state index < -0.39 is 15.9 Å². The molecule has 0 aliphatic rings. The minimum atomic E-state index is -4.00. The maximum atomic E-state index is 12.8. The number of carbonyl (C=O) groups is 1. The number of hydrogen-bond donors (Lipinski definition) is 3. The number of H-pyrrole nitrogens is 1. The monoisotopic (exact) mass is 548 g/mol. The Morgan fingerprint density at radius 1 is 0.944 bits per heavy atom. The van der Waals surface area contributed by atoms with Crippen molar-refractivity contribution < 1.29 is 22.7 Å². The molecule has 2 aromatic carbocycles. The lowest BCUT2D eigenvalue weighted by Crippen LogP contribution is -2.15. The number of benzene rings is 2. The fourth-order valence-corrected chi connectivity index (χ4v) is 4.30. The van der Waals surface area contributed by atoms with Gasteiger partial charge in [0.15, 0.2) is 5.82 Å². The highest BCUT2D eigenvalue weighted by molar-refractivity contribution is 7.92. The maximum absolute atomic E-state index is 12.8. The van der Waals surface area contributed by atoms with Crippen LogP contribution in [0.25, 0.3) is 11.3 Å². The molecule has 0 atom stereocenters. The van der Waals surface area contributed by atoms with Crippen molar-refractivity contribution in [3.05, 3.63) is 70.3 Å². The normalized spacial score (nSPS) is 11.1. The van der Waals surface area contributed by atoms with E-state index >= 15 is 0 Å². The zero-order chi connectivity index (χ0) is 25.9. The van der Waals surface area contributed by atoms with Gasteiger partial charge < -0.3 is 14.8 Å². The molecule has 0 aliphatic carbocycles. The van der Waals surface area contributed by atoms with Crippen LogP contribution in [0.5, 0.6) is 11.9 Å². The van der Waals surface area contributed by atoms with Crippen molar-refractivity contribution in [2.45, 2.75) is 4.90 Å². The van der Waals surface area contributed by atoms with Gasteiger partial charge in [-0.15, -0.1) is 0 Å². The van der Waals surface area contributed by atoms with Gasteiger partial charge in [0.2, 0.25) is 5.88 Å². The molecule has 36 heavy (non-hydrogen) atoms. The van der Waals surface area contributed by atoms with Crippen LogP contribution in [0.2, 0.25) is 10.0 Å². The highest BCUT2D eigenvalue weighted by atomic mass is 35.5. The zero-order valence-corrected chi connectivity index (χ0v) is 21.1. The van der Waals surface area contributed by atoms with Gasteiger partial charge in [-0.2, -0.15) is 15.1 Å². The number of methoxy groups -OCH3 is 2. The lowest BCUT2D eigenvalue weighted by Gasteiger charge is -2.10. The number of nitrogens with zero attached hydrogens (tertiary/aromatic N) is 3. The summed E-state index contributed by atoms with van der Waals surface area (Å²) in [5.74, 6) is -0.380. The Morgan fingerprint density at radius 3 is 2.36 bits per heavy atom. The lowest BCUT2D eigenvalue weighted by molar-refractivity contribution is 0.102. The molecule has 11 nitrogen and oxygen atoms in total. The number of hydrogen-bond acceptors (Lipinski definition) is 8. The summed E-state index contributed by atoms with van der Waals surface area (Å²) in [4.78, 5) is 20.4. The van der Waals surface area contributed by atoms with Crippen molar-refractivity contribution in [3.8, 4) is 23.1 Å². The van der Waals surface area contributed by atoms with Gasteiger partial charge in [0.25, 0.3) is 15.9 Å². The lowest BCUT2D eigenvalue weighted by atomic mass is 10.1. The van der Waals surface area contributed by atoms with Gasteiger partial charge in [-0.3, -0.25) is 14.6 Å². The molecule has 0 spiro atoms. The van der Waals surface area contributed by atoms with E-state index in [9.17, 15) is 13.2 Å². The molecule has 0 saturated heterocycles. The second-order valence-electron chi connectivity index (χ2n) is 7.16. The minimum absolute atomic E-state index is 0.0342. The molecule has 14 heteroatoms. The number of amides is 1. The van der Waals surface area contributed by atoms with Crippen molar-refractivity contribution in [2.75, 3.05) is 24.3 Å². The first-order valence-corrected chi connectivity index (χ1v) is 12.3. The Morgan fingerprint density at radius 2 is 1.69 bits per heavy atom. The molecule has 0 radical (unpaired) electrons. The highest BCUT2D eigenvalue weighted by Gasteiger charge is 2.18. The molecule has 0 fully saturated rings. The van der Waals surface area contributed by atoms with Gasteiger partial charge >= 0.3 is 6.01 Å². The number of ether oxygens (including phenoxy) is 2. The van der Waals surface area contributed by atoms with E-state index in [1.165, 1.54) is 44.6 Å². The molecule has 1 amide bonds. The van der Waals surface area contributed by atoms with Crippen molar-refractivity contribution in [1.82, 2.24) is 20.2 Å². The fourth-order valence-electron chi connectivity index (χ4n) is 3.01. The summed E-state index contributed by atoms with van der Waals surface area (Å²) in [5.41, 5.74) is 1.75. The van der Waals surface area contributed by atoms with Gasteiger partial charge in [-0.25, -0.2) is 8.42 Å². The van der Waals surface area contributed by atoms with Crippen molar-refractivity contribution in [3.63, 3.8) is 0 Å². The van der Waals surface area contributed by atoms with E-state index in [0.717, 1.165) is 0 Å². The predicted molar refractivity (Wildman–Crippen MR) is 134 cm³/mol. The number of anilines is 2. The first kappa shape index (κ1) is 25.2. The summed E-state index contributed by atoms with van der Waals surface area (Å²) in [7, 11) is -1.27. The van der Waals surface area contributed by atoms with Crippen LogP contribution in [-0.4, -0.2) is 48.7 Å². The number of aromatic amines is 1. The summed E-state index contributed by atoms with van der Waals surface area (Å²) in [6.45, 7) is 0. The summed E-state index contributed by atoms with van der Waals surface area (Å²) in [6, 6.07) is 13.4. The Labute approximate surface area is 215 Å². The SMILES string of the molecule is COc1cc(NS(=O)(=O)c2ccc(NC(=O)c3cc(-c4ccc(Cl)c(Cl)c4)n[nH]3)cc2)nc(OC)n1. The third kappa shape index (κ3) is 5.67. The zero-order valence-electron chi connectivity index (χ0n) is 18.7. The van der Waals surface area contributed by atoms with Crippen molar-refractivity contribution >= 4 is 50.6 Å². The van der Waals surface area contributed by atoms with Crippen LogP contribution < -0.4 is 19.5 Å². The standard InChI is InChI=1S/C22H18Cl2N6O5S/c1-34-20-11-19(26-22(27-20)35-2)30-36(32,33)14-6-4-13(5-7-14)25-21(31)18-10-17(28-29-18)12-3-8-15(23)16(24)9-12/h3-11H,1-2H3,(H,25,31)(H,28,29)(H,26,27,30). The second kappa shape index (κ2) is 10.4. The largest absolute Gasteiger partial charge is 0.481 e. The van der Waals surface area contributed by atoms with Crippen LogP contribution in [0.3, 0.4) is 0 Å². The molecule has 4 rings (SSSR count). The number of sulfonamides is 1. The molecule has 0 aliphatic heterocycles. The van der Waals surface area contributed by atoms with Crippen LogP contribution in [0.4, 0.5) is 11.5 Å². The summed E-state index contributed by atoms with van der Waals surface area (Å²) >= 11 is 12.0. The smallest absolute Gasteiger partial charge is 0.321 e. The maximum Gasteiger partial charge on any atom is 0.321 e. The number of aromatic nitrogens is 4. The molecule has 0 saturated carbocycles. The van der Waals surface area contributed by atoms with Crippen molar-refractivity contribution in [1.29, 1.82) is 0 Å². The van der Waals surface area contributed by atoms with E-state index in [2.05, 4.69) is 30.2 Å². The molecule has 0 unspecified atom stereocenters. The van der Waals surface area contributed by atoms with Gasteiger partial charge in [0.1, 0.15) is 5.69 Å². The Bertz CT molecular complexity index is 1500. The number of halogens is 2. The molecule has 3 N–H and O–H groups in total. The molecule has 4 aromatic rings. The molecular weight excluding hydrogens is 531 g/mol. The van der Waals surface area contributed by atoms with Gasteiger partial charge in [-0.1, -0.05) is 29.3 Å². The minimum Gasteiger partial charge on any atom is -0.481 e. The number of carbonyl (C=O) groups excluding carboxylic acids is 1. The highest BCUT2D eigenvalue weighted by Crippen LogP contribution is 2.28. The summed E-state index contributed by atoms with van der Waals surface area (Å²) < 4.78 is 37.8. The molecular formula is C22H18Cl2N6O5S. The van der Waals surface area contributed by atoms with E-state index in [1.807, 2.05) is 0 Å². The third-order valence-electron chi connectivity index (χ3n) is 4.77. The Balaban J connectivity index is 1.46. The van der Waals surface area contributed by atoms with Gasteiger partial charge in [-0.05, 0) is 42.5 Å². The topological polar surface area (TPSA) is 148 Å². The first-order valence-electron chi connectivity index (χ1n) is 10.1. The van der Waals surface area contributed by atoms with E-state index in [4.69, 9.17) is 32.7 Å². The Kier molecular flexibility index (Phi) is 7.29. The van der Waals surface area contributed by atoms with Crippen LogP contribution in [0.1, 0.15) is 10.5 Å². The third-order valence-corrected chi connectivity index (χ3v) is 6.88. The molecule has 186 valence electrons. The average molecular weight is 549 g/mol. The number of nitrogens with one attached hydrogen (secondary N) is 3. The van der Waals surface area contributed by atoms with Crippen molar-refractivity contribution in [2.24, 2.45) is 0 Å². The summed E-state index contributed by atoms with van der Waals surface area (Å²) in [5, 5.41) is 10.2. The van der Waals surface area contributed by atoms with Crippen LogP contribution >= 0.6 is 23.2 Å². The average Bonchev–Trinajstić information content (AvgIpc) is 3.36. The Hall–Kier alpha value is -3.87. The quantitative estimate of drug-likeness (QED) is 0.296. The van der Waals surface area contributed by atoms with Gasteiger partial charge in [0.05, 0.1) is 34.9 Å². The number of rotatable bonds is 8.